The van der Waals surface area contributed by atoms with E-state index in [1.54, 1.807) is 0 Å². The third-order valence-corrected chi connectivity index (χ3v) is 4.48. The van der Waals surface area contributed by atoms with Crippen LogP contribution in [0.3, 0.4) is 0 Å². The third kappa shape index (κ3) is 4.33. The Bertz CT molecular complexity index is 275. The summed E-state index contributed by atoms with van der Waals surface area (Å²) in [4.78, 5) is 12.1. The van der Waals surface area contributed by atoms with Crippen molar-refractivity contribution in [2.75, 3.05) is 19.7 Å². The van der Waals surface area contributed by atoms with Crippen molar-refractivity contribution in [1.82, 2.24) is 5.32 Å². The highest BCUT2D eigenvalue weighted by molar-refractivity contribution is 5.85. The van der Waals surface area contributed by atoms with Crippen molar-refractivity contribution in [1.29, 1.82) is 0 Å². The number of hydrogen-bond donors (Lipinski definition) is 2. The van der Waals surface area contributed by atoms with E-state index in [1.807, 2.05) is 0 Å². The molecule has 3 N–H and O–H groups in total. The maximum atomic E-state index is 12.1. The first-order chi connectivity index (χ1) is 8.77. The Labute approximate surface area is 122 Å². The van der Waals surface area contributed by atoms with E-state index in [9.17, 15) is 4.79 Å². The van der Waals surface area contributed by atoms with Crippen LogP contribution in [-0.2, 0) is 9.53 Å². The second-order valence-electron chi connectivity index (χ2n) is 5.72. The van der Waals surface area contributed by atoms with E-state index < -0.39 is 0 Å². The number of ether oxygens (including phenoxy) is 1. The Hall–Kier alpha value is -0.320. The predicted molar refractivity (Wildman–Crippen MR) is 78.4 cm³/mol. The third-order valence-electron chi connectivity index (χ3n) is 4.48. The standard InChI is InChI=1S/C14H26N2O2.ClH/c15-11-14(7-3-4-8-14)13(17)16-9-10-18-12-5-1-2-6-12;/h12H,1-11,15H2,(H,16,17);1H. The molecule has 0 atom stereocenters. The van der Waals surface area contributed by atoms with Crippen LogP contribution in [0.4, 0.5) is 0 Å². The van der Waals surface area contributed by atoms with E-state index in [4.69, 9.17) is 10.5 Å². The molecule has 0 radical (unpaired) electrons. The Kier molecular flexibility index (Phi) is 7.11. The number of hydrogen-bond acceptors (Lipinski definition) is 3. The van der Waals surface area contributed by atoms with Gasteiger partial charge in [-0.1, -0.05) is 25.7 Å². The van der Waals surface area contributed by atoms with Gasteiger partial charge in [0.1, 0.15) is 0 Å². The van der Waals surface area contributed by atoms with Gasteiger partial charge in [-0.3, -0.25) is 4.79 Å². The van der Waals surface area contributed by atoms with Crippen molar-refractivity contribution in [3.05, 3.63) is 0 Å². The average molecular weight is 291 g/mol. The Morgan fingerprint density at radius 3 is 2.42 bits per heavy atom. The fraction of sp³-hybridized carbons (Fsp3) is 0.929. The molecule has 112 valence electrons. The van der Waals surface area contributed by atoms with Crippen LogP contribution in [0, 0.1) is 5.41 Å². The summed E-state index contributed by atoms with van der Waals surface area (Å²) in [5.41, 5.74) is 5.50. The van der Waals surface area contributed by atoms with E-state index in [2.05, 4.69) is 5.32 Å². The highest BCUT2D eigenvalue weighted by Crippen LogP contribution is 2.37. The van der Waals surface area contributed by atoms with Gasteiger partial charge in [0, 0.05) is 13.1 Å². The van der Waals surface area contributed by atoms with Gasteiger partial charge in [0.2, 0.25) is 5.91 Å². The molecule has 0 aromatic rings. The van der Waals surface area contributed by atoms with Gasteiger partial charge < -0.3 is 15.8 Å². The van der Waals surface area contributed by atoms with Gasteiger partial charge in [-0.2, -0.15) is 0 Å². The fourth-order valence-corrected chi connectivity index (χ4v) is 3.21. The summed E-state index contributed by atoms with van der Waals surface area (Å²) in [6.45, 7) is 1.73. The molecule has 2 rings (SSSR count). The normalized spacial score (nSPS) is 22.2. The quantitative estimate of drug-likeness (QED) is 0.736. The molecule has 0 aliphatic heterocycles. The molecule has 4 nitrogen and oxygen atoms in total. The van der Waals surface area contributed by atoms with Gasteiger partial charge >= 0.3 is 0 Å². The zero-order valence-corrected chi connectivity index (χ0v) is 12.5. The smallest absolute Gasteiger partial charge is 0.227 e. The Morgan fingerprint density at radius 1 is 1.21 bits per heavy atom. The van der Waals surface area contributed by atoms with E-state index in [-0.39, 0.29) is 23.7 Å². The van der Waals surface area contributed by atoms with Crippen LogP contribution >= 0.6 is 12.4 Å². The van der Waals surface area contributed by atoms with E-state index in [0.29, 0.717) is 25.8 Å². The van der Waals surface area contributed by atoms with Crippen LogP contribution in [-0.4, -0.2) is 31.7 Å². The van der Waals surface area contributed by atoms with Crippen LogP contribution in [0.15, 0.2) is 0 Å². The number of halogens is 1. The molecule has 0 aromatic carbocycles. The van der Waals surface area contributed by atoms with Crippen molar-refractivity contribution in [2.45, 2.75) is 57.5 Å². The van der Waals surface area contributed by atoms with E-state index >= 15 is 0 Å². The van der Waals surface area contributed by atoms with E-state index in [1.165, 1.54) is 25.7 Å². The van der Waals surface area contributed by atoms with Gasteiger partial charge in [-0.05, 0) is 25.7 Å². The lowest BCUT2D eigenvalue weighted by atomic mass is 9.85. The van der Waals surface area contributed by atoms with Crippen molar-refractivity contribution < 1.29 is 9.53 Å². The molecule has 2 fully saturated rings. The molecule has 0 spiro atoms. The van der Waals surface area contributed by atoms with Crippen molar-refractivity contribution in [3.63, 3.8) is 0 Å². The fourth-order valence-electron chi connectivity index (χ4n) is 3.21. The SMILES string of the molecule is Cl.NCC1(C(=O)NCCOC2CCCC2)CCCC1. The maximum Gasteiger partial charge on any atom is 0.227 e. The lowest BCUT2D eigenvalue weighted by Gasteiger charge is -2.25. The zero-order chi connectivity index (χ0) is 12.8. The van der Waals surface area contributed by atoms with Crippen LogP contribution in [0.2, 0.25) is 0 Å². The lowest BCUT2D eigenvalue weighted by molar-refractivity contribution is -0.130. The molecule has 0 heterocycles. The second-order valence-corrected chi connectivity index (χ2v) is 5.72. The van der Waals surface area contributed by atoms with Gasteiger partial charge in [-0.15, -0.1) is 12.4 Å². The molecule has 1 amide bonds. The molecule has 2 aliphatic rings. The molecule has 0 bridgehead atoms. The number of carbonyl (C=O) groups excluding carboxylic acids is 1. The average Bonchev–Trinajstić information content (AvgIpc) is 3.05. The summed E-state index contributed by atoms with van der Waals surface area (Å²) in [5.74, 6) is 0.137. The van der Waals surface area contributed by atoms with Gasteiger partial charge in [-0.25, -0.2) is 0 Å². The van der Waals surface area contributed by atoms with Gasteiger partial charge in [0.15, 0.2) is 0 Å². The van der Waals surface area contributed by atoms with Gasteiger partial charge in [0.25, 0.3) is 0 Å². The lowest BCUT2D eigenvalue weighted by Crippen LogP contribution is -2.45. The van der Waals surface area contributed by atoms with Crippen LogP contribution < -0.4 is 11.1 Å². The maximum absolute atomic E-state index is 12.1. The molecule has 19 heavy (non-hydrogen) atoms. The largest absolute Gasteiger partial charge is 0.376 e. The highest BCUT2D eigenvalue weighted by atomic mass is 35.5. The minimum absolute atomic E-state index is 0. The van der Waals surface area contributed by atoms with E-state index in [0.717, 1.165) is 25.7 Å². The predicted octanol–water partition coefficient (Wildman–Crippen LogP) is 2.00. The number of nitrogens with one attached hydrogen (secondary N) is 1. The monoisotopic (exact) mass is 290 g/mol. The summed E-state index contributed by atoms with van der Waals surface area (Å²) in [6, 6.07) is 0. The molecular weight excluding hydrogens is 264 g/mol. The molecule has 0 saturated heterocycles. The Morgan fingerprint density at radius 2 is 1.84 bits per heavy atom. The Balaban J connectivity index is 0.00000180. The summed E-state index contributed by atoms with van der Waals surface area (Å²) < 4.78 is 5.74. The number of carbonyl (C=O) groups is 1. The molecule has 0 unspecified atom stereocenters. The van der Waals surface area contributed by atoms with Crippen LogP contribution in [0.1, 0.15) is 51.4 Å². The molecule has 2 aliphatic carbocycles. The van der Waals surface area contributed by atoms with Crippen molar-refractivity contribution in [2.24, 2.45) is 11.1 Å². The second kappa shape index (κ2) is 8.08. The molecule has 5 heteroatoms. The molecular formula is C14H27ClN2O2. The van der Waals surface area contributed by atoms with Gasteiger partial charge in [0.05, 0.1) is 18.1 Å². The highest BCUT2D eigenvalue weighted by Gasteiger charge is 2.39. The molecule has 2 saturated carbocycles. The first-order valence-electron chi connectivity index (χ1n) is 7.37. The van der Waals surface area contributed by atoms with Crippen LogP contribution in [0.25, 0.3) is 0 Å². The number of nitrogens with two attached hydrogens (primary N) is 1. The first kappa shape index (κ1) is 16.7. The number of rotatable bonds is 6. The van der Waals surface area contributed by atoms with Crippen LogP contribution in [0.5, 0.6) is 0 Å². The van der Waals surface area contributed by atoms with Crippen molar-refractivity contribution >= 4 is 18.3 Å². The summed E-state index contributed by atoms with van der Waals surface area (Å²) in [7, 11) is 0. The molecule has 0 aromatic heterocycles. The summed E-state index contributed by atoms with van der Waals surface area (Å²) >= 11 is 0. The topological polar surface area (TPSA) is 64.4 Å². The minimum Gasteiger partial charge on any atom is -0.376 e. The number of amides is 1. The zero-order valence-electron chi connectivity index (χ0n) is 11.7. The summed E-state index contributed by atoms with van der Waals surface area (Å²) in [5, 5.41) is 3.00. The minimum atomic E-state index is -0.284. The van der Waals surface area contributed by atoms with Crippen molar-refractivity contribution in [3.8, 4) is 0 Å². The summed E-state index contributed by atoms with van der Waals surface area (Å²) in [6.07, 6.45) is 9.50. The first-order valence-corrected chi connectivity index (χ1v) is 7.37.